The van der Waals surface area contributed by atoms with E-state index < -0.39 is 28.5 Å². The van der Waals surface area contributed by atoms with E-state index >= 15 is 0 Å². The third-order valence-electron chi connectivity index (χ3n) is 6.27. The molecule has 0 fully saturated rings. The zero-order chi connectivity index (χ0) is 29.4. The Bertz CT molecular complexity index is 1450. The highest BCUT2D eigenvalue weighted by Crippen LogP contribution is 2.34. The molecule has 0 unspecified atom stereocenters. The number of nitrogens with zero attached hydrogens (tertiary/aromatic N) is 2. The quantitative estimate of drug-likeness (QED) is 0.296. The second kappa shape index (κ2) is 13.9. The summed E-state index contributed by atoms with van der Waals surface area (Å²) in [5.41, 5.74) is 1.61. The first-order valence-corrected chi connectivity index (χ1v) is 14.9. The molecule has 3 aromatic carbocycles. The lowest BCUT2D eigenvalue weighted by atomic mass is 10.1. The van der Waals surface area contributed by atoms with Crippen LogP contribution in [0.15, 0.2) is 71.6 Å². The van der Waals surface area contributed by atoms with Crippen LogP contribution in [-0.4, -0.2) is 51.4 Å². The monoisotopic (exact) mass is 605 g/mol. The Kier molecular flexibility index (Phi) is 10.8. The number of methoxy groups -OCH3 is 1. The Balaban J connectivity index is 2.09. The summed E-state index contributed by atoms with van der Waals surface area (Å²) in [4.78, 5) is 28.3. The summed E-state index contributed by atoms with van der Waals surface area (Å²) in [6, 6.07) is 16.9. The van der Waals surface area contributed by atoms with Crippen molar-refractivity contribution in [1.29, 1.82) is 0 Å². The number of aryl methyl sites for hydroxylation is 1. The topological polar surface area (TPSA) is 96.0 Å². The molecule has 0 aromatic heterocycles. The van der Waals surface area contributed by atoms with Crippen LogP contribution in [0.4, 0.5) is 5.69 Å². The first kappa shape index (κ1) is 31.3. The van der Waals surface area contributed by atoms with Gasteiger partial charge in [-0.3, -0.25) is 13.9 Å². The minimum atomic E-state index is -4.21. The molecule has 0 saturated carbocycles. The zero-order valence-electron chi connectivity index (χ0n) is 22.9. The van der Waals surface area contributed by atoms with Gasteiger partial charge in [-0.05, 0) is 67.8 Å². The third-order valence-corrected chi connectivity index (χ3v) is 8.78. The summed E-state index contributed by atoms with van der Waals surface area (Å²) in [5, 5.41) is 3.46. The van der Waals surface area contributed by atoms with Crippen LogP contribution in [-0.2, 0) is 26.2 Å². The van der Waals surface area contributed by atoms with E-state index in [1.54, 1.807) is 61.5 Å². The standard InChI is InChI=1S/C29H33Cl2N3O5S/c1-5-15-32-29(36)21(3)33(18-22-12-13-24(30)25(31)17-22)28(35)19-34(26-16-20(2)11-14-27(26)39-4)40(37,38)23-9-7-6-8-10-23/h6-14,16-17,21H,5,15,18-19H2,1-4H3,(H,32,36)/t21-/m0/s1. The van der Waals surface area contributed by atoms with Crippen molar-refractivity contribution in [2.24, 2.45) is 0 Å². The van der Waals surface area contributed by atoms with Crippen molar-refractivity contribution in [3.63, 3.8) is 0 Å². The summed E-state index contributed by atoms with van der Waals surface area (Å²) in [7, 11) is -2.78. The Morgan fingerprint density at radius 1 is 1.00 bits per heavy atom. The van der Waals surface area contributed by atoms with Crippen LogP contribution >= 0.6 is 23.2 Å². The van der Waals surface area contributed by atoms with Gasteiger partial charge in [-0.15, -0.1) is 0 Å². The fraction of sp³-hybridized carbons (Fsp3) is 0.310. The molecule has 3 rings (SSSR count). The minimum absolute atomic E-state index is 0.000606. The molecule has 0 spiro atoms. The van der Waals surface area contributed by atoms with Crippen molar-refractivity contribution in [2.45, 2.75) is 44.7 Å². The summed E-state index contributed by atoms with van der Waals surface area (Å²) < 4.78 is 34.4. The van der Waals surface area contributed by atoms with Gasteiger partial charge in [0.1, 0.15) is 18.3 Å². The number of ether oxygens (including phenoxy) is 1. The largest absolute Gasteiger partial charge is 0.495 e. The third kappa shape index (κ3) is 7.47. The lowest BCUT2D eigenvalue weighted by Crippen LogP contribution is -2.51. The average molecular weight is 607 g/mol. The number of rotatable bonds is 12. The fourth-order valence-corrected chi connectivity index (χ4v) is 5.80. The van der Waals surface area contributed by atoms with Gasteiger partial charge in [0.2, 0.25) is 11.8 Å². The molecule has 3 aromatic rings. The van der Waals surface area contributed by atoms with Crippen LogP contribution in [0, 0.1) is 6.92 Å². The van der Waals surface area contributed by atoms with E-state index in [0.29, 0.717) is 22.2 Å². The second-order valence-corrected chi connectivity index (χ2v) is 11.9. The van der Waals surface area contributed by atoms with E-state index in [1.165, 1.54) is 24.1 Å². The van der Waals surface area contributed by atoms with Gasteiger partial charge in [-0.2, -0.15) is 0 Å². The van der Waals surface area contributed by atoms with Crippen LogP contribution in [0.2, 0.25) is 10.0 Å². The molecule has 0 radical (unpaired) electrons. The molecule has 214 valence electrons. The first-order valence-electron chi connectivity index (χ1n) is 12.7. The van der Waals surface area contributed by atoms with Crippen molar-refractivity contribution in [3.05, 3.63) is 87.9 Å². The summed E-state index contributed by atoms with van der Waals surface area (Å²) in [6.45, 7) is 5.20. The molecule has 0 aliphatic carbocycles. The zero-order valence-corrected chi connectivity index (χ0v) is 25.2. The van der Waals surface area contributed by atoms with Crippen LogP contribution in [0.3, 0.4) is 0 Å². The molecule has 1 atom stereocenters. The number of hydrogen-bond acceptors (Lipinski definition) is 5. The van der Waals surface area contributed by atoms with Crippen molar-refractivity contribution < 1.29 is 22.7 Å². The van der Waals surface area contributed by atoms with Gasteiger partial charge in [0.25, 0.3) is 10.0 Å². The number of anilines is 1. The lowest BCUT2D eigenvalue weighted by molar-refractivity contribution is -0.139. The van der Waals surface area contributed by atoms with Gasteiger partial charge in [-0.1, -0.05) is 60.5 Å². The highest BCUT2D eigenvalue weighted by atomic mass is 35.5. The number of carbonyl (C=O) groups excluding carboxylic acids is 2. The van der Waals surface area contributed by atoms with Crippen molar-refractivity contribution >= 4 is 50.7 Å². The van der Waals surface area contributed by atoms with E-state index in [2.05, 4.69) is 5.32 Å². The summed E-state index contributed by atoms with van der Waals surface area (Å²) >= 11 is 12.3. The maximum atomic E-state index is 14.0. The molecule has 2 amide bonds. The van der Waals surface area contributed by atoms with E-state index in [-0.39, 0.29) is 28.8 Å². The van der Waals surface area contributed by atoms with Crippen LogP contribution in [0.25, 0.3) is 0 Å². The lowest BCUT2D eigenvalue weighted by Gasteiger charge is -2.32. The number of carbonyl (C=O) groups is 2. The molecule has 0 heterocycles. The Labute approximate surface area is 245 Å². The molecular formula is C29H33Cl2N3O5S. The number of halogens is 2. The molecule has 0 bridgehead atoms. The van der Waals surface area contributed by atoms with Gasteiger partial charge in [0.15, 0.2) is 0 Å². The number of amides is 2. The number of benzene rings is 3. The fourth-order valence-electron chi connectivity index (χ4n) is 4.04. The predicted octanol–water partition coefficient (Wildman–Crippen LogP) is 5.45. The van der Waals surface area contributed by atoms with Crippen LogP contribution < -0.4 is 14.4 Å². The Morgan fingerprint density at radius 2 is 1.70 bits per heavy atom. The van der Waals surface area contributed by atoms with Gasteiger partial charge in [0, 0.05) is 13.1 Å². The van der Waals surface area contributed by atoms with Gasteiger partial charge in [-0.25, -0.2) is 8.42 Å². The predicted molar refractivity (Wildman–Crippen MR) is 158 cm³/mol. The molecule has 8 nitrogen and oxygen atoms in total. The normalized spacial score (nSPS) is 11.9. The molecular weight excluding hydrogens is 573 g/mol. The molecule has 11 heteroatoms. The highest BCUT2D eigenvalue weighted by molar-refractivity contribution is 7.92. The van der Waals surface area contributed by atoms with Gasteiger partial charge < -0.3 is 15.0 Å². The Hall–Kier alpha value is -3.27. The van der Waals surface area contributed by atoms with Gasteiger partial charge in [0.05, 0.1) is 27.7 Å². The SMILES string of the molecule is CCCNC(=O)[C@H](C)N(Cc1ccc(Cl)c(Cl)c1)C(=O)CN(c1cc(C)ccc1OC)S(=O)(=O)c1ccccc1. The van der Waals surface area contributed by atoms with E-state index in [0.717, 1.165) is 16.3 Å². The van der Waals surface area contributed by atoms with Crippen LogP contribution in [0.5, 0.6) is 5.75 Å². The van der Waals surface area contributed by atoms with Crippen molar-refractivity contribution in [1.82, 2.24) is 10.2 Å². The molecule has 0 saturated heterocycles. The number of nitrogens with one attached hydrogen (secondary N) is 1. The maximum absolute atomic E-state index is 14.0. The molecule has 0 aliphatic heterocycles. The first-order chi connectivity index (χ1) is 19.0. The Morgan fingerprint density at radius 3 is 2.33 bits per heavy atom. The minimum Gasteiger partial charge on any atom is -0.495 e. The molecule has 0 aliphatic rings. The maximum Gasteiger partial charge on any atom is 0.264 e. The smallest absolute Gasteiger partial charge is 0.264 e. The number of hydrogen-bond donors (Lipinski definition) is 1. The second-order valence-electron chi connectivity index (χ2n) is 9.24. The van der Waals surface area contributed by atoms with E-state index in [9.17, 15) is 18.0 Å². The summed E-state index contributed by atoms with van der Waals surface area (Å²) in [6.07, 6.45) is 0.718. The highest BCUT2D eigenvalue weighted by Gasteiger charge is 2.33. The summed E-state index contributed by atoms with van der Waals surface area (Å²) in [5.74, 6) is -0.670. The van der Waals surface area contributed by atoms with E-state index in [4.69, 9.17) is 27.9 Å². The van der Waals surface area contributed by atoms with Crippen molar-refractivity contribution in [3.8, 4) is 5.75 Å². The van der Waals surface area contributed by atoms with Crippen LogP contribution in [0.1, 0.15) is 31.4 Å². The van der Waals surface area contributed by atoms with Gasteiger partial charge >= 0.3 is 0 Å². The molecule has 1 N–H and O–H groups in total. The number of sulfonamides is 1. The molecule has 40 heavy (non-hydrogen) atoms. The van der Waals surface area contributed by atoms with Crippen molar-refractivity contribution in [2.75, 3.05) is 24.5 Å². The average Bonchev–Trinajstić information content (AvgIpc) is 2.95. The van der Waals surface area contributed by atoms with E-state index in [1.807, 2.05) is 13.8 Å².